The van der Waals surface area contributed by atoms with Crippen LogP contribution < -0.4 is 10.7 Å². The first kappa shape index (κ1) is 18.9. The van der Waals surface area contributed by atoms with Crippen LogP contribution in [0.25, 0.3) is 0 Å². The first-order valence-electron chi connectivity index (χ1n) is 7.82. The molecule has 0 aliphatic heterocycles. The smallest absolute Gasteiger partial charge is 0.272 e. The fourth-order valence-corrected chi connectivity index (χ4v) is 2.67. The Morgan fingerprint density at radius 2 is 1.80 bits per heavy atom. The predicted octanol–water partition coefficient (Wildman–Crippen LogP) is 4.20. The largest absolute Gasteiger partial charge is 0.326 e. The summed E-state index contributed by atoms with van der Waals surface area (Å²) in [6.07, 6.45) is 0.101. The van der Waals surface area contributed by atoms with E-state index in [1.54, 1.807) is 25.1 Å². The molecule has 0 aromatic heterocycles. The Bertz CT molecular complexity index is 831. The summed E-state index contributed by atoms with van der Waals surface area (Å²) in [5, 5.41) is 6.87. The zero-order chi connectivity index (χ0) is 18.4. The van der Waals surface area contributed by atoms with Gasteiger partial charge in [-0.25, -0.2) is 5.43 Å². The number of carbonyl (C=O) groups is 2. The Balaban J connectivity index is 1.94. The first-order chi connectivity index (χ1) is 11.9. The molecule has 2 aromatic rings. The van der Waals surface area contributed by atoms with Crippen LogP contribution in [0.3, 0.4) is 0 Å². The van der Waals surface area contributed by atoms with Crippen molar-refractivity contribution in [2.45, 2.75) is 27.2 Å². The number of aryl methyl sites for hydroxylation is 1. The van der Waals surface area contributed by atoms with Crippen LogP contribution in [-0.4, -0.2) is 17.5 Å². The minimum absolute atomic E-state index is 0.101. The van der Waals surface area contributed by atoms with Crippen molar-refractivity contribution in [1.82, 2.24) is 5.43 Å². The van der Waals surface area contributed by atoms with Crippen molar-refractivity contribution >= 4 is 39.1 Å². The third-order valence-electron chi connectivity index (χ3n) is 3.76. The van der Waals surface area contributed by atoms with Crippen LogP contribution in [0.4, 0.5) is 5.69 Å². The van der Waals surface area contributed by atoms with Gasteiger partial charge in [0, 0.05) is 15.9 Å². The second kappa shape index (κ2) is 8.58. The van der Waals surface area contributed by atoms with E-state index in [4.69, 9.17) is 0 Å². The molecule has 0 bridgehead atoms. The molecule has 5 nitrogen and oxygen atoms in total. The second-order valence-corrected chi connectivity index (χ2v) is 6.59. The Morgan fingerprint density at radius 1 is 1.08 bits per heavy atom. The Labute approximate surface area is 155 Å². The lowest BCUT2D eigenvalue weighted by molar-refractivity contribution is -0.115. The monoisotopic (exact) mass is 401 g/mol. The molecule has 130 valence electrons. The molecule has 0 unspecified atom stereocenters. The molecule has 2 rings (SSSR count). The Morgan fingerprint density at radius 3 is 2.52 bits per heavy atom. The van der Waals surface area contributed by atoms with E-state index in [1.807, 2.05) is 38.1 Å². The quantitative estimate of drug-likeness (QED) is 0.581. The fraction of sp³-hybridized carbons (Fsp3) is 0.211. The van der Waals surface area contributed by atoms with Gasteiger partial charge in [0.2, 0.25) is 5.91 Å². The molecule has 0 aliphatic rings. The molecule has 0 atom stereocenters. The zero-order valence-electron chi connectivity index (χ0n) is 14.4. The number of anilines is 1. The lowest BCUT2D eigenvalue weighted by Gasteiger charge is -2.10. The normalized spacial score (nSPS) is 11.1. The van der Waals surface area contributed by atoms with Gasteiger partial charge in [-0.05, 0) is 66.0 Å². The third kappa shape index (κ3) is 5.26. The van der Waals surface area contributed by atoms with Crippen LogP contribution in [0.15, 0.2) is 52.0 Å². The third-order valence-corrected chi connectivity index (χ3v) is 4.45. The average molecular weight is 402 g/mol. The average Bonchev–Trinajstić information content (AvgIpc) is 2.57. The van der Waals surface area contributed by atoms with Crippen LogP contribution in [-0.2, 0) is 4.79 Å². The van der Waals surface area contributed by atoms with Crippen LogP contribution in [0.5, 0.6) is 0 Å². The van der Waals surface area contributed by atoms with Gasteiger partial charge in [0.15, 0.2) is 0 Å². The van der Waals surface area contributed by atoms with Crippen molar-refractivity contribution in [3.8, 4) is 0 Å². The maximum atomic E-state index is 12.1. The highest BCUT2D eigenvalue weighted by Crippen LogP contribution is 2.18. The molecule has 2 amide bonds. The zero-order valence-corrected chi connectivity index (χ0v) is 16.0. The molecule has 0 spiro atoms. The van der Waals surface area contributed by atoms with Crippen LogP contribution in [0.2, 0.25) is 0 Å². The van der Waals surface area contributed by atoms with E-state index in [0.717, 1.165) is 16.8 Å². The molecule has 6 heteroatoms. The molecule has 2 N–H and O–H groups in total. The lowest BCUT2D eigenvalue weighted by atomic mass is 10.1. The van der Waals surface area contributed by atoms with Crippen LogP contribution >= 0.6 is 15.9 Å². The topological polar surface area (TPSA) is 70.6 Å². The number of hydrogen-bond acceptors (Lipinski definition) is 3. The van der Waals surface area contributed by atoms with E-state index < -0.39 is 0 Å². The van der Waals surface area contributed by atoms with Gasteiger partial charge in [-0.1, -0.05) is 24.3 Å². The molecule has 0 heterocycles. The van der Waals surface area contributed by atoms with Gasteiger partial charge in [0.1, 0.15) is 0 Å². The van der Waals surface area contributed by atoms with Gasteiger partial charge in [0.05, 0.1) is 12.0 Å². The van der Waals surface area contributed by atoms with Gasteiger partial charge in [-0.3, -0.25) is 9.59 Å². The Hall–Kier alpha value is -2.47. The van der Waals surface area contributed by atoms with Gasteiger partial charge >= 0.3 is 0 Å². The summed E-state index contributed by atoms with van der Waals surface area (Å²) in [7, 11) is 0. The minimum Gasteiger partial charge on any atom is -0.326 e. The van der Waals surface area contributed by atoms with Crippen molar-refractivity contribution in [2.24, 2.45) is 5.10 Å². The van der Waals surface area contributed by atoms with E-state index >= 15 is 0 Å². The van der Waals surface area contributed by atoms with Crippen molar-refractivity contribution < 1.29 is 9.59 Å². The number of carbonyl (C=O) groups excluding carboxylic acids is 2. The number of rotatable bonds is 5. The summed E-state index contributed by atoms with van der Waals surface area (Å²) in [4.78, 5) is 24.2. The molecule has 25 heavy (non-hydrogen) atoms. The number of halogens is 1. The molecule has 0 aliphatic carbocycles. The highest BCUT2D eigenvalue weighted by molar-refractivity contribution is 9.10. The maximum absolute atomic E-state index is 12.1. The van der Waals surface area contributed by atoms with E-state index in [1.165, 1.54) is 0 Å². The first-order valence-corrected chi connectivity index (χ1v) is 8.62. The number of nitrogens with one attached hydrogen (secondary N) is 2. The van der Waals surface area contributed by atoms with Crippen LogP contribution in [0.1, 0.15) is 34.8 Å². The summed E-state index contributed by atoms with van der Waals surface area (Å²) >= 11 is 3.32. The number of nitrogens with zero attached hydrogens (tertiary/aromatic N) is 1. The van der Waals surface area contributed by atoms with Crippen molar-refractivity contribution in [3.05, 3.63) is 63.6 Å². The highest BCUT2D eigenvalue weighted by Gasteiger charge is 2.10. The van der Waals surface area contributed by atoms with Crippen LogP contribution in [0, 0.1) is 13.8 Å². The van der Waals surface area contributed by atoms with Crippen molar-refractivity contribution in [2.75, 3.05) is 5.32 Å². The molecule has 0 saturated carbocycles. The predicted molar refractivity (Wildman–Crippen MR) is 104 cm³/mol. The van der Waals surface area contributed by atoms with Gasteiger partial charge in [-0.2, -0.15) is 5.10 Å². The van der Waals surface area contributed by atoms with Crippen molar-refractivity contribution in [3.63, 3.8) is 0 Å². The van der Waals surface area contributed by atoms with Gasteiger partial charge in [-0.15, -0.1) is 0 Å². The SMILES string of the molecule is CC(CC(=O)Nc1cccc(C)c1C)=NNC(=O)c1ccccc1Br. The number of amides is 2. The Kier molecular flexibility index (Phi) is 6.47. The summed E-state index contributed by atoms with van der Waals surface area (Å²) < 4.78 is 0.688. The molecule has 0 saturated heterocycles. The molecule has 0 fully saturated rings. The summed E-state index contributed by atoms with van der Waals surface area (Å²) in [5.74, 6) is -0.508. The second-order valence-electron chi connectivity index (χ2n) is 5.74. The molecular formula is C19H20BrN3O2. The maximum Gasteiger partial charge on any atom is 0.272 e. The summed E-state index contributed by atoms with van der Waals surface area (Å²) in [6.45, 7) is 5.65. The molecule has 2 aromatic carbocycles. The highest BCUT2D eigenvalue weighted by atomic mass is 79.9. The number of benzene rings is 2. The van der Waals surface area contributed by atoms with E-state index in [-0.39, 0.29) is 18.2 Å². The van der Waals surface area contributed by atoms with Gasteiger partial charge < -0.3 is 5.32 Å². The van der Waals surface area contributed by atoms with E-state index in [9.17, 15) is 9.59 Å². The minimum atomic E-state index is -0.332. The number of hydrazone groups is 1. The lowest BCUT2D eigenvalue weighted by Crippen LogP contribution is -2.22. The molecular weight excluding hydrogens is 382 g/mol. The van der Waals surface area contributed by atoms with E-state index in [0.29, 0.717) is 15.7 Å². The summed E-state index contributed by atoms with van der Waals surface area (Å²) in [5.41, 5.74) is 6.41. The van der Waals surface area contributed by atoms with Gasteiger partial charge in [0.25, 0.3) is 5.91 Å². The van der Waals surface area contributed by atoms with E-state index in [2.05, 4.69) is 31.8 Å². The summed E-state index contributed by atoms with van der Waals surface area (Å²) in [6, 6.07) is 12.8. The van der Waals surface area contributed by atoms with Crippen molar-refractivity contribution in [1.29, 1.82) is 0 Å². The molecule has 0 radical (unpaired) electrons. The number of hydrogen-bond donors (Lipinski definition) is 2. The standard InChI is InChI=1S/C19H20BrN3O2/c1-12-7-6-10-17(14(12)3)21-18(24)11-13(2)22-23-19(25)15-8-4-5-9-16(15)20/h4-10H,11H2,1-3H3,(H,21,24)(H,23,25). The fourth-order valence-electron chi connectivity index (χ4n) is 2.20.